The number of rotatable bonds is 4. The van der Waals surface area contributed by atoms with Crippen LogP contribution in [0.25, 0.3) is 0 Å². The van der Waals surface area contributed by atoms with E-state index in [4.69, 9.17) is 5.11 Å². The molecule has 0 aliphatic carbocycles. The Morgan fingerprint density at radius 2 is 2.05 bits per heavy atom. The van der Waals surface area contributed by atoms with Crippen LogP contribution < -0.4 is 5.32 Å². The smallest absolute Gasteiger partial charge is 0.328 e. The molecule has 0 radical (unpaired) electrons. The molecule has 7 heteroatoms. The lowest BCUT2D eigenvalue weighted by molar-refractivity contribution is -0.152. The zero-order chi connectivity index (χ0) is 15.4. The quantitative estimate of drug-likeness (QED) is 0.791. The molecule has 2 amide bonds. The van der Waals surface area contributed by atoms with Gasteiger partial charge in [-0.15, -0.1) is 11.8 Å². The first kappa shape index (κ1) is 15.4. The van der Waals surface area contributed by atoms with Crippen LogP contribution in [-0.2, 0) is 14.4 Å². The van der Waals surface area contributed by atoms with E-state index in [9.17, 15) is 14.4 Å². The Labute approximate surface area is 126 Å². The highest BCUT2D eigenvalue weighted by Crippen LogP contribution is 2.19. The molecule has 0 spiro atoms. The zero-order valence-electron chi connectivity index (χ0n) is 11.5. The van der Waals surface area contributed by atoms with Crippen molar-refractivity contribution in [1.82, 2.24) is 10.2 Å². The standard InChI is InChI=1S/C14H16N2O4S/c1-9-2-4-10(5-3-9)21-8-13(18)16-7-12(17)15-6-11(16)14(19)20/h2-5,11H,6-8H2,1H3,(H,15,17)(H,19,20). The van der Waals surface area contributed by atoms with E-state index in [1.54, 1.807) is 0 Å². The van der Waals surface area contributed by atoms with Crippen molar-refractivity contribution in [2.24, 2.45) is 0 Å². The number of aryl methyl sites for hydroxylation is 1. The molecule has 2 rings (SSSR count). The highest BCUT2D eigenvalue weighted by molar-refractivity contribution is 8.00. The van der Waals surface area contributed by atoms with Gasteiger partial charge in [0.25, 0.3) is 0 Å². The minimum atomic E-state index is -1.11. The number of piperazine rings is 1. The maximum atomic E-state index is 12.2. The summed E-state index contributed by atoms with van der Waals surface area (Å²) in [6, 6.07) is 6.71. The van der Waals surface area contributed by atoms with Crippen molar-refractivity contribution >= 4 is 29.5 Å². The lowest BCUT2D eigenvalue weighted by atomic mass is 10.2. The molecular formula is C14H16N2O4S. The number of hydrogen-bond donors (Lipinski definition) is 2. The average Bonchev–Trinajstić information content (AvgIpc) is 2.46. The molecule has 0 aromatic heterocycles. The molecule has 1 aromatic carbocycles. The Morgan fingerprint density at radius 1 is 1.38 bits per heavy atom. The van der Waals surface area contributed by atoms with Crippen molar-refractivity contribution in [3.05, 3.63) is 29.8 Å². The van der Waals surface area contributed by atoms with E-state index in [0.717, 1.165) is 15.4 Å². The van der Waals surface area contributed by atoms with Crippen LogP contribution in [0.2, 0.25) is 0 Å². The molecule has 112 valence electrons. The van der Waals surface area contributed by atoms with Crippen molar-refractivity contribution in [2.75, 3.05) is 18.8 Å². The third kappa shape index (κ3) is 3.98. The van der Waals surface area contributed by atoms with Crippen LogP contribution in [0.3, 0.4) is 0 Å². The summed E-state index contributed by atoms with van der Waals surface area (Å²) in [5.41, 5.74) is 1.13. The van der Waals surface area contributed by atoms with Crippen LogP contribution in [0.4, 0.5) is 0 Å². The molecule has 6 nitrogen and oxygen atoms in total. The van der Waals surface area contributed by atoms with Crippen molar-refractivity contribution in [3.63, 3.8) is 0 Å². The fourth-order valence-electron chi connectivity index (χ4n) is 1.99. The Bertz CT molecular complexity index is 559. The predicted octanol–water partition coefficient (Wildman–Crippen LogP) is 0.499. The highest BCUT2D eigenvalue weighted by atomic mass is 32.2. The Kier molecular flexibility index (Phi) is 4.85. The van der Waals surface area contributed by atoms with Crippen molar-refractivity contribution < 1.29 is 19.5 Å². The summed E-state index contributed by atoms with van der Waals surface area (Å²) in [6.45, 7) is 1.72. The minimum Gasteiger partial charge on any atom is -0.480 e. The van der Waals surface area contributed by atoms with E-state index >= 15 is 0 Å². The van der Waals surface area contributed by atoms with Crippen molar-refractivity contribution in [3.8, 4) is 0 Å². The van der Waals surface area contributed by atoms with E-state index < -0.39 is 12.0 Å². The number of nitrogens with one attached hydrogen (secondary N) is 1. The summed E-state index contributed by atoms with van der Waals surface area (Å²) >= 11 is 1.33. The number of aliphatic carboxylic acids is 1. The van der Waals surface area contributed by atoms with E-state index in [-0.39, 0.29) is 30.7 Å². The van der Waals surface area contributed by atoms with Gasteiger partial charge in [-0.3, -0.25) is 9.59 Å². The molecule has 1 atom stereocenters. The number of nitrogens with zero attached hydrogens (tertiary/aromatic N) is 1. The van der Waals surface area contributed by atoms with E-state index in [0.29, 0.717) is 0 Å². The third-order valence-electron chi connectivity index (χ3n) is 3.17. The number of thioether (sulfide) groups is 1. The fourth-order valence-corrected chi connectivity index (χ4v) is 2.77. The van der Waals surface area contributed by atoms with E-state index in [2.05, 4.69) is 5.32 Å². The average molecular weight is 308 g/mol. The summed E-state index contributed by atoms with van der Waals surface area (Å²) in [4.78, 5) is 36.7. The number of carboxylic acid groups (broad SMARTS) is 1. The molecule has 1 heterocycles. The maximum absolute atomic E-state index is 12.2. The molecule has 0 bridgehead atoms. The van der Waals surface area contributed by atoms with Gasteiger partial charge in [-0.25, -0.2) is 4.79 Å². The molecule has 1 aliphatic rings. The predicted molar refractivity (Wildman–Crippen MR) is 78.0 cm³/mol. The second-order valence-electron chi connectivity index (χ2n) is 4.78. The van der Waals surface area contributed by atoms with Gasteiger partial charge in [-0.2, -0.15) is 0 Å². The first-order chi connectivity index (χ1) is 9.97. The molecule has 1 aromatic rings. The lowest BCUT2D eigenvalue weighted by Gasteiger charge is -2.32. The van der Waals surface area contributed by atoms with Crippen LogP contribution in [0, 0.1) is 6.92 Å². The number of hydrogen-bond acceptors (Lipinski definition) is 4. The van der Waals surface area contributed by atoms with Gasteiger partial charge in [0.15, 0.2) is 0 Å². The summed E-state index contributed by atoms with van der Waals surface area (Å²) in [7, 11) is 0. The van der Waals surface area contributed by atoms with Gasteiger partial charge < -0.3 is 15.3 Å². The van der Waals surface area contributed by atoms with Crippen LogP contribution >= 0.6 is 11.8 Å². The van der Waals surface area contributed by atoms with Crippen LogP contribution in [0.1, 0.15) is 5.56 Å². The van der Waals surface area contributed by atoms with Gasteiger partial charge in [-0.05, 0) is 19.1 Å². The summed E-state index contributed by atoms with van der Waals surface area (Å²) in [6.07, 6.45) is 0. The van der Waals surface area contributed by atoms with Gasteiger partial charge in [0.05, 0.1) is 5.75 Å². The first-order valence-corrected chi connectivity index (χ1v) is 7.44. The summed E-state index contributed by atoms with van der Waals surface area (Å²) in [5, 5.41) is 11.6. The number of carbonyl (C=O) groups excluding carboxylic acids is 2. The molecule has 1 aliphatic heterocycles. The number of benzene rings is 1. The van der Waals surface area contributed by atoms with Crippen molar-refractivity contribution in [1.29, 1.82) is 0 Å². The monoisotopic (exact) mass is 308 g/mol. The molecular weight excluding hydrogens is 292 g/mol. The van der Waals surface area contributed by atoms with Gasteiger partial charge in [0.2, 0.25) is 11.8 Å². The van der Waals surface area contributed by atoms with Crippen LogP contribution in [0.15, 0.2) is 29.2 Å². The van der Waals surface area contributed by atoms with Gasteiger partial charge in [-0.1, -0.05) is 17.7 Å². The Balaban J connectivity index is 1.98. The fraction of sp³-hybridized carbons (Fsp3) is 0.357. The third-order valence-corrected chi connectivity index (χ3v) is 4.17. The largest absolute Gasteiger partial charge is 0.480 e. The molecule has 1 fully saturated rings. The molecule has 1 unspecified atom stereocenters. The second kappa shape index (κ2) is 6.62. The van der Waals surface area contributed by atoms with Crippen LogP contribution in [-0.4, -0.2) is 52.7 Å². The summed E-state index contributed by atoms with van der Waals surface area (Å²) in [5.74, 6) is -1.67. The van der Waals surface area contributed by atoms with E-state index in [1.165, 1.54) is 11.8 Å². The van der Waals surface area contributed by atoms with Crippen LogP contribution in [0.5, 0.6) is 0 Å². The molecule has 0 saturated carbocycles. The van der Waals surface area contributed by atoms with Gasteiger partial charge in [0.1, 0.15) is 12.6 Å². The normalized spacial score (nSPS) is 18.2. The summed E-state index contributed by atoms with van der Waals surface area (Å²) < 4.78 is 0. The Morgan fingerprint density at radius 3 is 2.67 bits per heavy atom. The molecule has 1 saturated heterocycles. The Hall–Kier alpha value is -2.02. The zero-order valence-corrected chi connectivity index (χ0v) is 12.4. The van der Waals surface area contributed by atoms with E-state index in [1.807, 2.05) is 31.2 Å². The maximum Gasteiger partial charge on any atom is 0.328 e. The number of carbonyl (C=O) groups is 3. The molecule has 21 heavy (non-hydrogen) atoms. The topological polar surface area (TPSA) is 86.7 Å². The highest BCUT2D eigenvalue weighted by Gasteiger charge is 2.34. The van der Waals surface area contributed by atoms with Crippen molar-refractivity contribution in [2.45, 2.75) is 17.9 Å². The SMILES string of the molecule is Cc1ccc(SCC(=O)N2CC(=O)NCC2C(=O)O)cc1. The van der Waals surface area contributed by atoms with Gasteiger partial charge in [0, 0.05) is 11.4 Å². The second-order valence-corrected chi connectivity index (χ2v) is 5.83. The molecule has 2 N–H and O–H groups in total. The number of carboxylic acids is 1. The lowest BCUT2D eigenvalue weighted by Crippen LogP contribution is -2.59. The minimum absolute atomic E-state index is 0.0465. The number of amides is 2. The first-order valence-electron chi connectivity index (χ1n) is 6.46. The van der Waals surface area contributed by atoms with Gasteiger partial charge >= 0.3 is 5.97 Å².